The minimum atomic E-state index is 0. The molecule has 4 rings (SSSR count). The second-order valence-electron chi connectivity index (χ2n) is 6.09. The molecule has 0 atom stereocenters. The number of benzene rings is 2. The Hall–Kier alpha value is -2.40. The fourth-order valence-electron chi connectivity index (χ4n) is 3.26. The van der Waals surface area contributed by atoms with E-state index in [0.717, 1.165) is 17.9 Å². The first-order valence-electron chi connectivity index (χ1n) is 8.69. The number of hydrogen-bond acceptors (Lipinski definition) is 1. The average Bonchev–Trinajstić information content (AvgIpc) is 2.67. The van der Waals surface area contributed by atoms with Crippen molar-refractivity contribution < 1.29 is 28.5 Å². The van der Waals surface area contributed by atoms with E-state index in [9.17, 15) is 0 Å². The van der Waals surface area contributed by atoms with Crippen LogP contribution in [0.2, 0.25) is 0 Å². The summed E-state index contributed by atoms with van der Waals surface area (Å²) in [6, 6.07) is 21.2. The number of rotatable bonds is 3. The number of hydrogen-bond donors (Lipinski definition) is 1. The van der Waals surface area contributed by atoms with E-state index < -0.39 is 0 Å². The minimum Gasteiger partial charge on any atom is -1.00 e. The summed E-state index contributed by atoms with van der Waals surface area (Å²) in [6.45, 7) is 3.13. The molecule has 1 N–H and O–H groups in total. The summed E-state index contributed by atoms with van der Waals surface area (Å²) in [5, 5.41) is 4.73. The number of nitrogens with zero attached hydrogens (tertiary/aromatic N) is 1. The third-order valence-corrected chi connectivity index (χ3v) is 4.51. The van der Waals surface area contributed by atoms with Gasteiger partial charge in [0.2, 0.25) is 11.2 Å². The fourth-order valence-corrected chi connectivity index (χ4v) is 3.26. The van der Waals surface area contributed by atoms with Gasteiger partial charge in [0.1, 0.15) is 6.54 Å². The summed E-state index contributed by atoms with van der Waals surface area (Å²) in [4.78, 5) is 0. The predicted octanol–water partition coefficient (Wildman–Crippen LogP) is 2.19. The van der Waals surface area contributed by atoms with Crippen LogP contribution in [0.1, 0.15) is 18.2 Å². The lowest BCUT2D eigenvalue weighted by atomic mass is 10.1. The molecule has 3 aromatic rings. The molecular formula is C23H21IN2. The third-order valence-electron chi connectivity index (χ3n) is 4.51. The molecule has 2 heterocycles. The SMILES string of the molecule is CC[n+]1c(C=CC=C2C=Cc3ccccc3N2)ccc2ccccc21.[I-]. The number of nitrogens with one attached hydrogen (secondary N) is 1. The number of allylic oxidation sites excluding steroid dienone is 3. The van der Waals surface area contributed by atoms with Crippen LogP contribution in [0.4, 0.5) is 5.69 Å². The lowest BCUT2D eigenvalue weighted by Crippen LogP contribution is -3.00. The fraction of sp³-hybridized carbons (Fsp3) is 0.0870. The van der Waals surface area contributed by atoms with Gasteiger partial charge in [-0.15, -0.1) is 0 Å². The smallest absolute Gasteiger partial charge is 0.212 e. The molecule has 0 spiro atoms. The second kappa shape index (κ2) is 8.32. The molecule has 0 radical (unpaired) electrons. The van der Waals surface area contributed by atoms with Crippen LogP contribution < -0.4 is 33.9 Å². The van der Waals surface area contributed by atoms with Crippen molar-refractivity contribution in [2.45, 2.75) is 13.5 Å². The number of para-hydroxylation sites is 2. The number of aromatic nitrogens is 1. The van der Waals surface area contributed by atoms with E-state index >= 15 is 0 Å². The highest BCUT2D eigenvalue weighted by molar-refractivity contribution is 5.76. The van der Waals surface area contributed by atoms with Crippen molar-refractivity contribution in [3.63, 3.8) is 0 Å². The first-order valence-corrected chi connectivity index (χ1v) is 8.69. The summed E-state index contributed by atoms with van der Waals surface area (Å²) in [6.07, 6.45) is 10.6. The normalized spacial score (nSPS) is 14.3. The first-order chi connectivity index (χ1) is 12.3. The standard InChI is InChI=1S/C23H20N2.HI/c1-2-25-21(17-15-19-9-4-6-13-23(19)25)11-7-10-20-16-14-18-8-3-5-12-22(18)24-20;/h3-17H,2H2,1H3;1H. The number of pyridine rings is 1. The number of aryl methyl sites for hydroxylation is 1. The molecule has 0 amide bonds. The van der Waals surface area contributed by atoms with Gasteiger partial charge in [-0.25, -0.2) is 0 Å². The molecule has 0 fully saturated rings. The molecule has 2 nitrogen and oxygen atoms in total. The van der Waals surface area contributed by atoms with Crippen LogP contribution in [0.25, 0.3) is 23.1 Å². The number of anilines is 1. The molecule has 1 aromatic heterocycles. The van der Waals surface area contributed by atoms with E-state index in [1.807, 2.05) is 0 Å². The number of fused-ring (bicyclic) bond motifs is 2. The summed E-state index contributed by atoms with van der Waals surface area (Å²) < 4.78 is 2.34. The summed E-state index contributed by atoms with van der Waals surface area (Å²) >= 11 is 0. The quantitative estimate of drug-likeness (QED) is 0.476. The molecule has 0 bridgehead atoms. The highest BCUT2D eigenvalue weighted by Gasteiger charge is 2.11. The van der Waals surface area contributed by atoms with E-state index in [0.29, 0.717) is 0 Å². The van der Waals surface area contributed by atoms with Gasteiger partial charge in [0.15, 0.2) is 0 Å². The van der Waals surface area contributed by atoms with E-state index in [1.165, 1.54) is 22.2 Å². The highest BCUT2D eigenvalue weighted by Crippen LogP contribution is 2.23. The maximum atomic E-state index is 3.46. The largest absolute Gasteiger partial charge is 1.00 e. The molecule has 1 aliphatic rings. The van der Waals surface area contributed by atoms with Gasteiger partial charge in [-0.2, -0.15) is 4.57 Å². The summed E-state index contributed by atoms with van der Waals surface area (Å²) in [5.41, 5.74) is 5.95. The molecule has 0 aliphatic carbocycles. The molecule has 0 saturated carbocycles. The second-order valence-corrected chi connectivity index (χ2v) is 6.09. The van der Waals surface area contributed by atoms with Gasteiger partial charge in [0.25, 0.3) is 0 Å². The van der Waals surface area contributed by atoms with Crippen molar-refractivity contribution in [1.29, 1.82) is 0 Å². The Morgan fingerprint density at radius 3 is 2.62 bits per heavy atom. The van der Waals surface area contributed by atoms with Crippen LogP contribution in [0.3, 0.4) is 0 Å². The molecule has 130 valence electrons. The Labute approximate surface area is 171 Å². The van der Waals surface area contributed by atoms with Crippen molar-refractivity contribution in [2.24, 2.45) is 0 Å². The van der Waals surface area contributed by atoms with Crippen molar-refractivity contribution >= 4 is 28.7 Å². The summed E-state index contributed by atoms with van der Waals surface area (Å²) in [7, 11) is 0. The predicted molar refractivity (Wildman–Crippen MR) is 106 cm³/mol. The molecule has 0 unspecified atom stereocenters. The molecular weight excluding hydrogens is 431 g/mol. The van der Waals surface area contributed by atoms with Crippen LogP contribution in [-0.4, -0.2) is 0 Å². The zero-order valence-corrected chi connectivity index (χ0v) is 16.9. The van der Waals surface area contributed by atoms with E-state index in [1.54, 1.807) is 0 Å². The van der Waals surface area contributed by atoms with Crippen molar-refractivity contribution in [3.05, 3.63) is 95.8 Å². The first kappa shape index (κ1) is 18.4. The molecule has 3 heteroatoms. The zero-order chi connectivity index (χ0) is 17.1. The van der Waals surface area contributed by atoms with E-state index in [2.05, 4.69) is 108 Å². The Balaban J connectivity index is 0.00000196. The highest BCUT2D eigenvalue weighted by atomic mass is 127. The third kappa shape index (κ3) is 3.73. The lowest BCUT2D eigenvalue weighted by Gasteiger charge is -2.14. The van der Waals surface area contributed by atoms with Gasteiger partial charge in [-0.05, 0) is 42.8 Å². The Kier molecular flexibility index (Phi) is 5.89. The lowest BCUT2D eigenvalue weighted by molar-refractivity contribution is -0.669. The monoisotopic (exact) mass is 452 g/mol. The molecule has 26 heavy (non-hydrogen) atoms. The zero-order valence-electron chi connectivity index (χ0n) is 14.7. The van der Waals surface area contributed by atoms with Crippen LogP contribution in [-0.2, 0) is 6.54 Å². The average molecular weight is 452 g/mol. The Bertz CT molecular complexity index is 1020. The van der Waals surface area contributed by atoms with Crippen LogP contribution in [0.15, 0.2) is 84.6 Å². The molecule has 0 saturated heterocycles. The van der Waals surface area contributed by atoms with Gasteiger partial charge in [-0.3, -0.25) is 0 Å². The van der Waals surface area contributed by atoms with Crippen molar-refractivity contribution in [1.82, 2.24) is 0 Å². The maximum absolute atomic E-state index is 3.46. The van der Waals surface area contributed by atoms with Gasteiger partial charge in [-0.1, -0.05) is 42.5 Å². The molecule has 1 aliphatic heterocycles. The van der Waals surface area contributed by atoms with Crippen LogP contribution in [0.5, 0.6) is 0 Å². The van der Waals surface area contributed by atoms with E-state index in [-0.39, 0.29) is 24.0 Å². The summed E-state index contributed by atoms with van der Waals surface area (Å²) in [5.74, 6) is 0. The van der Waals surface area contributed by atoms with Gasteiger partial charge < -0.3 is 29.3 Å². The maximum Gasteiger partial charge on any atom is 0.212 e. The van der Waals surface area contributed by atoms with Gasteiger partial charge in [0.05, 0.1) is 0 Å². The number of halogens is 1. The van der Waals surface area contributed by atoms with E-state index in [4.69, 9.17) is 0 Å². The topological polar surface area (TPSA) is 15.9 Å². The van der Waals surface area contributed by atoms with Gasteiger partial charge in [0, 0.05) is 35.0 Å². The van der Waals surface area contributed by atoms with Gasteiger partial charge >= 0.3 is 0 Å². The minimum absolute atomic E-state index is 0. The Morgan fingerprint density at radius 2 is 1.73 bits per heavy atom. The van der Waals surface area contributed by atoms with Crippen LogP contribution >= 0.6 is 0 Å². The van der Waals surface area contributed by atoms with Crippen LogP contribution in [0, 0.1) is 0 Å². The molecule has 2 aromatic carbocycles. The van der Waals surface area contributed by atoms with Crippen molar-refractivity contribution in [2.75, 3.05) is 5.32 Å². The van der Waals surface area contributed by atoms with Crippen molar-refractivity contribution in [3.8, 4) is 0 Å². The Morgan fingerprint density at radius 1 is 0.923 bits per heavy atom.